The minimum Gasteiger partial charge on any atom is -0.341 e. The average molecular weight is 199 g/mol. The lowest BCUT2D eigenvalue weighted by Crippen LogP contribution is -1.85. The van der Waals surface area contributed by atoms with Crippen LogP contribution in [0.5, 0.6) is 0 Å². The largest absolute Gasteiger partial charge is 0.341 e. The monoisotopic (exact) mass is 199 g/mol. The molecule has 0 atom stereocenters. The molecule has 0 aliphatic heterocycles. The van der Waals surface area contributed by atoms with Crippen molar-refractivity contribution in [1.82, 2.24) is 9.97 Å². The molecule has 0 amide bonds. The summed E-state index contributed by atoms with van der Waals surface area (Å²) in [6, 6.07) is 8.28. The number of rotatable bonds is 2. The highest BCUT2D eigenvalue weighted by molar-refractivity contribution is 5.76. The second-order valence-corrected chi connectivity index (χ2v) is 3.95. The van der Waals surface area contributed by atoms with Gasteiger partial charge in [-0.2, -0.15) is 5.26 Å². The fourth-order valence-electron chi connectivity index (χ4n) is 1.60. The van der Waals surface area contributed by atoms with Crippen LogP contribution in [-0.2, 0) is 6.42 Å². The molecule has 1 aromatic carbocycles. The van der Waals surface area contributed by atoms with E-state index >= 15 is 0 Å². The highest BCUT2D eigenvalue weighted by Gasteiger charge is 2.04. The second-order valence-electron chi connectivity index (χ2n) is 3.95. The molecule has 3 heteroatoms. The zero-order chi connectivity index (χ0) is 10.8. The molecule has 0 radical (unpaired) electrons. The minimum absolute atomic E-state index is 0.339. The Bertz CT molecular complexity index is 517. The molecule has 0 aliphatic rings. The normalized spacial score (nSPS) is 10.8. The fraction of sp³-hybridized carbons (Fsp3) is 0.333. The molecule has 1 aromatic heterocycles. The Morgan fingerprint density at radius 2 is 2.27 bits per heavy atom. The molecule has 0 saturated heterocycles. The third-order valence-electron chi connectivity index (χ3n) is 2.47. The smallest absolute Gasteiger partial charge is 0.121 e. The molecule has 0 spiro atoms. The first-order valence-corrected chi connectivity index (χ1v) is 5.06. The molecular weight excluding hydrogens is 186 g/mol. The van der Waals surface area contributed by atoms with Crippen molar-refractivity contribution in [1.29, 1.82) is 5.26 Å². The van der Waals surface area contributed by atoms with Crippen molar-refractivity contribution in [3.63, 3.8) is 0 Å². The number of fused-ring (bicyclic) bond motifs is 1. The number of imidazole rings is 1. The van der Waals surface area contributed by atoms with E-state index in [4.69, 9.17) is 5.26 Å². The zero-order valence-corrected chi connectivity index (χ0v) is 8.91. The summed E-state index contributed by atoms with van der Waals surface area (Å²) in [7, 11) is 0. The van der Waals surface area contributed by atoms with Crippen LogP contribution < -0.4 is 0 Å². The van der Waals surface area contributed by atoms with Gasteiger partial charge in [0.15, 0.2) is 0 Å². The molecule has 76 valence electrons. The predicted octanol–water partition coefficient (Wildman–Crippen LogP) is 2.75. The van der Waals surface area contributed by atoms with Crippen molar-refractivity contribution in [2.75, 3.05) is 0 Å². The average Bonchev–Trinajstić information content (AvgIpc) is 2.59. The van der Waals surface area contributed by atoms with Crippen LogP contribution in [0, 0.1) is 11.3 Å². The summed E-state index contributed by atoms with van der Waals surface area (Å²) < 4.78 is 0. The molecule has 1 heterocycles. The van der Waals surface area contributed by atoms with Gasteiger partial charge in [0, 0.05) is 0 Å². The highest BCUT2D eigenvalue weighted by Crippen LogP contribution is 2.19. The lowest BCUT2D eigenvalue weighted by molar-refractivity contribution is 0.868. The van der Waals surface area contributed by atoms with Crippen LogP contribution >= 0.6 is 0 Å². The second kappa shape index (κ2) is 3.74. The summed E-state index contributed by atoms with van der Waals surface area (Å²) in [5.74, 6) is 1.26. The third-order valence-corrected chi connectivity index (χ3v) is 2.47. The van der Waals surface area contributed by atoms with Gasteiger partial charge in [-0.05, 0) is 23.6 Å². The van der Waals surface area contributed by atoms with Gasteiger partial charge >= 0.3 is 0 Å². The maximum Gasteiger partial charge on any atom is 0.121 e. The van der Waals surface area contributed by atoms with Crippen LogP contribution in [0.25, 0.3) is 11.0 Å². The molecule has 0 fully saturated rings. The Hall–Kier alpha value is -1.82. The molecule has 2 rings (SSSR count). The molecule has 0 unspecified atom stereocenters. The van der Waals surface area contributed by atoms with E-state index in [1.807, 2.05) is 6.07 Å². The van der Waals surface area contributed by atoms with Gasteiger partial charge in [-0.3, -0.25) is 0 Å². The standard InChI is InChI=1S/C12H13N3/c1-8(2)9-3-4-10-11(7-9)15-12(14-10)5-6-13/h3-4,7-8H,5H2,1-2H3,(H,14,15). The van der Waals surface area contributed by atoms with Gasteiger partial charge in [-0.25, -0.2) is 4.98 Å². The van der Waals surface area contributed by atoms with E-state index in [1.54, 1.807) is 0 Å². The van der Waals surface area contributed by atoms with Crippen LogP contribution in [0.15, 0.2) is 18.2 Å². The Labute approximate surface area is 88.8 Å². The van der Waals surface area contributed by atoms with Gasteiger partial charge in [0.1, 0.15) is 5.82 Å². The lowest BCUT2D eigenvalue weighted by Gasteiger charge is -2.03. The van der Waals surface area contributed by atoms with Crippen molar-refractivity contribution in [3.05, 3.63) is 29.6 Å². The SMILES string of the molecule is CC(C)c1ccc2nc(CC#N)[nH]c2c1. The van der Waals surface area contributed by atoms with E-state index in [-0.39, 0.29) is 0 Å². The number of aromatic nitrogens is 2. The van der Waals surface area contributed by atoms with Gasteiger partial charge < -0.3 is 4.98 Å². The maximum absolute atomic E-state index is 8.58. The van der Waals surface area contributed by atoms with E-state index in [1.165, 1.54) is 5.56 Å². The topological polar surface area (TPSA) is 52.5 Å². The van der Waals surface area contributed by atoms with Gasteiger partial charge in [0.25, 0.3) is 0 Å². The number of nitrogens with zero attached hydrogens (tertiary/aromatic N) is 2. The molecule has 0 aliphatic carbocycles. The van der Waals surface area contributed by atoms with Crippen molar-refractivity contribution >= 4 is 11.0 Å². The maximum atomic E-state index is 8.58. The number of benzene rings is 1. The first-order chi connectivity index (χ1) is 7.20. The summed E-state index contributed by atoms with van der Waals surface area (Å²) in [6.45, 7) is 4.32. The Kier molecular flexibility index (Phi) is 2.42. The summed E-state index contributed by atoms with van der Waals surface area (Å²) in [5.41, 5.74) is 3.24. The van der Waals surface area contributed by atoms with Gasteiger partial charge in [-0.15, -0.1) is 0 Å². The quantitative estimate of drug-likeness (QED) is 0.808. The van der Waals surface area contributed by atoms with Crippen molar-refractivity contribution in [2.24, 2.45) is 0 Å². The molecule has 15 heavy (non-hydrogen) atoms. The molecule has 0 bridgehead atoms. The van der Waals surface area contributed by atoms with E-state index in [0.29, 0.717) is 12.3 Å². The Morgan fingerprint density at radius 3 is 2.93 bits per heavy atom. The van der Waals surface area contributed by atoms with Crippen molar-refractivity contribution in [3.8, 4) is 6.07 Å². The van der Waals surface area contributed by atoms with Crippen molar-refractivity contribution < 1.29 is 0 Å². The Balaban J connectivity index is 2.48. The van der Waals surface area contributed by atoms with Gasteiger partial charge in [-0.1, -0.05) is 19.9 Å². The number of nitriles is 1. The summed E-state index contributed by atoms with van der Waals surface area (Å²) in [6.07, 6.45) is 0.339. The van der Waals surface area contributed by atoms with E-state index in [0.717, 1.165) is 16.9 Å². The van der Waals surface area contributed by atoms with Crippen LogP contribution in [0.1, 0.15) is 31.2 Å². The summed E-state index contributed by atoms with van der Waals surface area (Å²) >= 11 is 0. The molecular formula is C12H13N3. The van der Waals surface area contributed by atoms with Crippen LogP contribution in [0.4, 0.5) is 0 Å². The van der Waals surface area contributed by atoms with E-state index < -0.39 is 0 Å². The van der Waals surface area contributed by atoms with E-state index in [2.05, 4.69) is 42.0 Å². The zero-order valence-electron chi connectivity index (χ0n) is 8.91. The third kappa shape index (κ3) is 1.84. The number of H-pyrrole nitrogens is 1. The Morgan fingerprint density at radius 1 is 1.47 bits per heavy atom. The van der Waals surface area contributed by atoms with Gasteiger partial charge in [0.05, 0.1) is 23.5 Å². The van der Waals surface area contributed by atoms with Crippen LogP contribution in [-0.4, -0.2) is 9.97 Å². The minimum atomic E-state index is 0.339. The number of hydrogen-bond donors (Lipinski definition) is 1. The first-order valence-electron chi connectivity index (χ1n) is 5.06. The van der Waals surface area contributed by atoms with Gasteiger partial charge in [0.2, 0.25) is 0 Å². The lowest BCUT2D eigenvalue weighted by atomic mass is 10.0. The summed E-state index contributed by atoms with van der Waals surface area (Å²) in [4.78, 5) is 7.48. The first kappa shape index (κ1) is 9.72. The number of hydrogen-bond acceptors (Lipinski definition) is 2. The highest BCUT2D eigenvalue weighted by atomic mass is 14.9. The molecule has 0 saturated carbocycles. The molecule has 3 nitrogen and oxygen atoms in total. The predicted molar refractivity (Wildman–Crippen MR) is 59.5 cm³/mol. The van der Waals surface area contributed by atoms with Crippen LogP contribution in [0.2, 0.25) is 0 Å². The van der Waals surface area contributed by atoms with E-state index in [9.17, 15) is 0 Å². The van der Waals surface area contributed by atoms with Crippen LogP contribution in [0.3, 0.4) is 0 Å². The number of nitrogens with one attached hydrogen (secondary N) is 1. The fourth-order valence-corrected chi connectivity index (χ4v) is 1.60. The summed E-state index contributed by atoms with van der Waals surface area (Å²) in [5, 5.41) is 8.58. The molecule has 1 N–H and O–H groups in total. The van der Waals surface area contributed by atoms with Crippen molar-refractivity contribution in [2.45, 2.75) is 26.2 Å². The molecule has 2 aromatic rings. The number of aromatic amines is 1.